The number of carbonyl (C=O) groups is 1. The van der Waals surface area contributed by atoms with Crippen molar-refractivity contribution in [1.29, 1.82) is 0 Å². The van der Waals surface area contributed by atoms with E-state index in [2.05, 4.69) is 46.2 Å². The highest BCUT2D eigenvalue weighted by molar-refractivity contribution is 7.89. The summed E-state index contributed by atoms with van der Waals surface area (Å²) in [7, 11) is 5.03. The van der Waals surface area contributed by atoms with Crippen LogP contribution in [0.15, 0.2) is 45.7 Å². The number of amides is 1. The first-order valence-corrected chi connectivity index (χ1v) is 15.0. The maximum atomic E-state index is 13.3. The summed E-state index contributed by atoms with van der Waals surface area (Å²) in [6, 6.07) is 12.2. The van der Waals surface area contributed by atoms with Crippen molar-refractivity contribution >= 4 is 15.9 Å². The number of benzene rings is 2. The highest BCUT2D eigenvalue weighted by Gasteiger charge is 2.28. The summed E-state index contributed by atoms with van der Waals surface area (Å²) < 4.78 is 38.6. The highest BCUT2D eigenvalue weighted by Crippen LogP contribution is 2.28. The molecule has 0 bridgehead atoms. The minimum absolute atomic E-state index is 0.0272. The van der Waals surface area contributed by atoms with Crippen molar-refractivity contribution in [3.8, 4) is 5.75 Å². The number of rotatable bonds is 11. The highest BCUT2D eigenvalue weighted by atomic mass is 32.2. The molecule has 4 rings (SSSR count). The van der Waals surface area contributed by atoms with E-state index in [4.69, 9.17) is 9.15 Å². The summed E-state index contributed by atoms with van der Waals surface area (Å²) in [5, 5.41) is 7.80. The lowest BCUT2D eigenvalue weighted by molar-refractivity contribution is 0.0743. The average molecular weight is 585 g/mol. The fraction of sp³-hybridized carbons (Fsp3) is 0.483. The molecule has 1 atom stereocenters. The van der Waals surface area contributed by atoms with E-state index < -0.39 is 15.9 Å². The van der Waals surface area contributed by atoms with Crippen LogP contribution in [0.5, 0.6) is 5.75 Å². The Kier molecular flexibility index (Phi) is 9.48. The van der Waals surface area contributed by atoms with Crippen LogP contribution in [0.1, 0.15) is 45.3 Å². The van der Waals surface area contributed by atoms with Crippen LogP contribution in [-0.2, 0) is 29.7 Å². The van der Waals surface area contributed by atoms with Gasteiger partial charge in [-0.3, -0.25) is 9.69 Å². The Morgan fingerprint density at radius 2 is 1.66 bits per heavy atom. The zero-order chi connectivity index (χ0) is 29.9. The van der Waals surface area contributed by atoms with Gasteiger partial charge in [-0.05, 0) is 68.8 Å². The number of sulfonamides is 1. The van der Waals surface area contributed by atoms with Gasteiger partial charge in [-0.1, -0.05) is 24.3 Å². The zero-order valence-electron chi connectivity index (χ0n) is 24.9. The van der Waals surface area contributed by atoms with Crippen LogP contribution in [0, 0.1) is 13.8 Å². The second kappa shape index (κ2) is 12.7. The Balaban J connectivity index is 1.35. The molecule has 2 aromatic carbocycles. The molecule has 1 aliphatic rings. The number of methoxy groups -OCH3 is 1. The summed E-state index contributed by atoms with van der Waals surface area (Å²) in [4.78, 5) is 19.4. The molecule has 1 saturated heterocycles. The molecule has 0 aliphatic carbocycles. The van der Waals surface area contributed by atoms with Gasteiger partial charge in [0.1, 0.15) is 5.75 Å². The Morgan fingerprint density at radius 3 is 2.24 bits per heavy atom. The summed E-state index contributed by atoms with van der Waals surface area (Å²) in [6.45, 7) is 6.70. The van der Waals surface area contributed by atoms with Crippen LogP contribution in [0.2, 0.25) is 0 Å². The first kappa shape index (κ1) is 30.6. The van der Waals surface area contributed by atoms with E-state index in [1.807, 2.05) is 12.1 Å². The maximum Gasteiger partial charge on any atom is 0.311 e. The number of likely N-dealkylation sites (tertiary alicyclic amines) is 1. The molecule has 1 aromatic heterocycles. The van der Waals surface area contributed by atoms with Gasteiger partial charge in [0.25, 0.3) is 0 Å². The largest absolute Gasteiger partial charge is 0.497 e. The first-order chi connectivity index (χ1) is 19.4. The van der Waals surface area contributed by atoms with Crippen molar-refractivity contribution in [2.45, 2.75) is 50.8 Å². The Morgan fingerprint density at radius 1 is 1.02 bits per heavy atom. The van der Waals surface area contributed by atoms with Gasteiger partial charge in [-0.15, -0.1) is 10.2 Å². The predicted molar refractivity (Wildman–Crippen MR) is 155 cm³/mol. The lowest BCUT2D eigenvalue weighted by Gasteiger charge is -2.20. The molecule has 1 unspecified atom stereocenters. The molecular formula is C29H40N6O5S. The quantitative estimate of drug-likeness (QED) is 0.336. The molecule has 1 amide bonds. The van der Waals surface area contributed by atoms with Crippen molar-refractivity contribution in [1.82, 2.24) is 29.2 Å². The molecule has 3 aromatic rings. The summed E-state index contributed by atoms with van der Waals surface area (Å²) in [5.74, 6) is -0.0142. The number of hydrogen-bond acceptors (Lipinski definition) is 9. The molecule has 1 fully saturated rings. The van der Waals surface area contributed by atoms with Crippen LogP contribution in [0.25, 0.3) is 0 Å². The second-order valence-electron chi connectivity index (χ2n) is 11.0. The maximum absolute atomic E-state index is 13.3. The van der Waals surface area contributed by atoms with E-state index in [0.717, 1.165) is 29.5 Å². The standard InChI is InChI=1S/C29H40N6O5S/c1-20-14-25(39-7)15-21(2)27(20)41(37,38)34(6)19-26-30-31-28(40-26)29(36)33(5)16-22-8-10-23(11-9-22)17-35-13-12-24(18-35)32(3)4/h8-11,14-15,24H,12-13,16-19H2,1-7H3. The molecule has 0 spiro atoms. The second-order valence-corrected chi connectivity index (χ2v) is 13.0. The number of hydrogen-bond donors (Lipinski definition) is 0. The number of ether oxygens (including phenoxy) is 1. The summed E-state index contributed by atoms with van der Waals surface area (Å²) >= 11 is 0. The minimum Gasteiger partial charge on any atom is -0.497 e. The summed E-state index contributed by atoms with van der Waals surface area (Å²) in [6.07, 6.45) is 1.18. The molecule has 2 heterocycles. The molecule has 11 nitrogen and oxygen atoms in total. The predicted octanol–water partition coefficient (Wildman–Crippen LogP) is 2.92. The third kappa shape index (κ3) is 7.13. The Bertz CT molecular complexity index is 1450. The van der Waals surface area contributed by atoms with E-state index in [1.54, 1.807) is 33.0 Å². The Labute approximate surface area is 242 Å². The smallest absolute Gasteiger partial charge is 0.311 e. The average Bonchev–Trinajstić information content (AvgIpc) is 3.58. The number of nitrogens with zero attached hydrogens (tertiary/aromatic N) is 6. The molecule has 0 N–H and O–H groups in total. The van der Waals surface area contributed by atoms with Crippen LogP contribution < -0.4 is 4.74 Å². The number of likely N-dealkylation sites (N-methyl/N-ethyl adjacent to an activating group) is 1. The van der Waals surface area contributed by atoms with E-state index in [9.17, 15) is 13.2 Å². The monoisotopic (exact) mass is 584 g/mol. The van der Waals surface area contributed by atoms with Gasteiger partial charge in [-0.2, -0.15) is 4.31 Å². The minimum atomic E-state index is -3.86. The fourth-order valence-electron chi connectivity index (χ4n) is 5.17. The molecule has 1 aliphatic heterocycles. The van der Waals surface area contributed by atoms with Gasteiger partial charge in [0.2, 0.25) is 15.9 Å². The van der Waals surface area contributed by atoms with E-state index in [0.29, 0.717) is 29.5 Å². The number of aryl methyl sites for hydroxylation is 2. The van der Waals surface area contributed by atoms with E-state index in [1.165, 1.54) is 31.0 Å². The van der Waals surface area contributed by atoms with E-state index >= 15 is 0 Å². The van der Waals surface area contributed by atoms with Crippen LogP contribution in [0.3, 0.4) is 0 Å². The number of aromatic nitrogens is 2. The zero-order valence-corrected chi connectivity index (χ0v) is 25.7. The topological polar surface area (TPSA) is 112 Å². The lowest BCUT2D eigenvalue weighted by Crippen LogP contribution is -2.31. The van der Waals surface area contributed by atoms with Crippen LogP contribution >= 0.6 is 0 Å². The van der Waals surface area contributed by atoms with Gasteiger partial charge in [0.15, 0.2) is 0 Å². The van der Waals surface area contributed by atoms with Crippen molar-refractivity contribution in [3.63, 3.8) is 0 Å². The first-order valence-electron chi connectivity index (χ1n) is 13.5. The molecule has 0 saturated carbocycles. The molecule has 12 heteroatoms. The lowest BCUT2D eigenvalue weighted by atomic mass is 10.1. The van der Waals surface area contributed by atoms with Gasteiger partial charge >= 0.3 is 11.8 Å². The summed E-state index contributed by atoms with van der Waals surface area (Å²) in [5.41, 5.74) is 3.35. The van der Waals surface area contributed by atoms with Crippen molar-refractivity contribution in [2.24, 2.45) is 0 Å². The number of carbonyl (C=O) groups excluding carboxylic acids is 1. The van der Waals surface area contributed by atoms with E-state index in [-0.39, 0.29) is 23.2 Å². The van der Waals surface area contributed by atoms with Crippen LogP contribution in [0.4, 0.5) is 0 Å². The van der Waals surface area contributed by atoms with Gasteiger partial charge in [0.05, 0.1) is 18.6 Å². The molecule has 222 valence electrons. The SMILES string of the molecule is COc1cc(C)c(S(=O)(=O)N(C)Cc2nnc(C(=O)N(C)Cc3ccc(CN4CCC(N(C)C)C4)cc3)o2)c(C)c1. The molecular weight excluding hydrogens is 544 g/mol. The van der Waals surface area contributed by atoms with Gasteiger partial charge in [-0.25, -0.2) is 8.42 Å². The van der Waals surface area contributed by atoms with Crippen molar-refractivity contribution in [2.75, 3.05) is 48.4 Å². The molecule has 0 radical (unpaired) electrons. The third-order valence-electron chi connectivity index (χ3n) is 7.52. The van der Waals surface area contributed by atoms with Gasteiger partial charge < -0.3 is 19.0 Å². The normalized spacial score (nSPS) is 16.1. The van der Waals surface area contributed by atoms with Crippen molar-refractivity contribution < 1.29 is 22.4 Å². The van der Waals surface area contributed by atoms with Crippen molar-refractivity contribution in [3.05, 3.63) is 70.4 Å². The fourth-order valence-corrected chi connectivity index (χ4v) is 6.69. The third-order valence-corrected chi connectivity index (χ3v) is 9.63. The molecule has 41 heavy (non-hydrogen) atoms. The van der Waals surface area contributed by atoms with Crippen LogP contribution in [-0.4, -0.2) is 98.0 Å². The van der Waals surface area contributed by atoms with Gasteiger partial charge in [0, 0.05) is 46.3 Å². The Hall–Kier alpha value is -3.32.